The second-order valence-electron chi connectivity index (χ2n) is 4.38. The quantitative estimate of drug-likeness (QED) is 0.654. The van der Waals surface area contributed by atoms with Gasteiger partial charge in [0.1, 0.15) is 0 Å². The maximum atomic E-state index is 12.0. The van der Waals surface area contributed by atoms with E-state index in [1.807, 2.05) is 6.92 Å². The molecular formula is C12H14N2O4. The summed E-state index contributed by atoms with van der Waals surface area (Å²) in [5.41, 5.74) is 0.123. The van der Waals surface area contributed by atoms with E-state index in [0.717, 1.165) is 0 Å². The van der Waals surface area contributed by atoms with Gasteiger partial charge in [0.05, 0.1) is 23.6 Å². The number of carbonyl (C=O) groups is 1. The van der Waals surface area contributed by atoms with Crippen LogP contribution in [-0.2, 0) is 9.53 Å². The molecule has 2 rings (SSSR count). The molecule has 1 heterocycles. The molecule has 0 spiro atoms. The summed E-state index contributed by atoms with van der Waals surface area (Å²) in [5.74, 6) is -0.0925. The summed E-state index contributed by atoms with van der Waals surface area (Å²) in [6.45, 7) is 2.81. The van der Waals surface area contributed by atoms with Crippen LogP contribution in [0.5, 0.6) is 0 Å². The van der Waals surface area contributed by atoms with E-state index < -0.39 is 10.3 Å². The number of nitro groups is 1. The van der Waals surface area contributed by atoms with Crippen molar-refractivity contribution in [2.24, 2.45) is 5.41 Å². The van der Waals surface area contributed by atoms with Gasteiger partial charge in [0.25, 0.3) is 5.69 Å². The molecule has 6 heteroatoms. The number of carbonyl (C=O) groups excluding carboxylic acids is 1. The molecule has 6 nitrogen and oxygen atoms in total. The van der Waals surface area contributed by atoms with Gasteiger partial charge in [-0.1, -0.05) is 6.92 Å². The number of rotatable bonds is 4. The number of hydrogen-bond donors (Lipinski definition) is 1. The Balaban J connectivity index is 2.05. The molecule has 0 radical (unpaired) electrons. The first-order chi connectivity index (χ1) is 8.57. The highest BCUT2D eigenvalue weighted by Gasteiger charge is 2.44. The van der Waals surface area contributed by atoms with Gasteiger partial charge in [-0.15, -0.1) is 0 Å². The fourth-order valence-corrected chi connectivity index (χ4v) is 1.77. The van der Waals surface area contributed by atoms with E-state index in [4.69, 9.17) is 4.74 Å². The topological polar surface area (TPSA) is 81.5 Å². The molecule has 1 saturated heterocycles. The van der Waals surface area contributed by atoms with E-state index in [0.29, 0.717) is 25.3 Å². The molecule has 1 fully saturated rings. The van der Waals surface area contributed by atoms with Crippen molar-refractivity contribution < 1.29 is 14.5 Å². The normalized spacial score (nSPS) is 16.7. The number of nitrogens with one attached hydrogen (secondary N) is 1. The van der Waals surface area contributed by atoms with E-state index >= 15 is 0 Å². The van der Waals surface area contributed by atoms with Crippen molar-refractivity contribution in [1.82, 2.24) is 0 Å². The fourth-order valence-electron chi connectivity index (χ4n) is 1.77. The average molecular weight is 250 g/mol. The molecule has 18 heavy (non-hydrogen) atoms. The number of ether oxygens (including phenoxy) is 1. The van der Waals surface area contributed by atoms with E-state index in [1.165, 1.54) is 24.3 Å². The highest BCUT2D eigenvalue weighted by atomic mass is 16.6. The van der Waals surface area contributed by atoms with Crippen molar-refractivity contribution >= 4 is 17.3 Å². The summed E-state index contributed by atoms with van der Waals surface area (Å²) >= 11 is 0. The van der Waals surface area contributed by atoms with Gasteiger partial charge in [-0.25, -0.2) is 0 Å². The van der Waals surface area contributed by atoms with Crippen LogP contribution in [0.3, 0.4) is 0 Å². The largest absolute Gasteiger partial charge is 0.379 e. The predicted octanol–water partition coefficient (Wildman–Crippen LogP) is 1.96. The Morgan fingerprint density at radius 1 is 1.44 bits per heavy atom. The number of anilines is 1. The molecule has 1 aromatic rings. The van der Waals surface area contributed by atoms with Gasteiger partial charge in [-0.05, 0) is 18.6 Å². The lowest BCUT2D eigenvalue weighted by Crippen LogP contribution is -2.51. The molecule has 1 amide bonds. The Labute approximate surface area is 104 Å². The lowest BCUT2D eigenvalue weighted by Gasteiger charge is -2.38. The summed E-state index contributed by atoms with van der Waals surface area (Å²) in [5, 5.41) is 13.3. The lowest BCUT2D eigenvalue weighted by molar-refractivity contribution is -0.384. The molecule has 0 atom stereocenters. The van der Waals surface area contributed by atoms with Crippen molar-refractivity contribution in [2.45, 2.75) is 13.3 Å². The van der Waals surface area contributed by atoms with Crippen LogP contribution in [0.15, 0.2) is 24.3 Å². The van der Waals surface area contributed by atoms with Crippen LogP contribution in [0.2, 0.25) is 0 Å². The summed E-state index contributed by atoms with van der Waals surface area (Å²) in [6, 6.07) is 5.79. The number of amides is 1. The van der Waals surface area contributed by atoms with Gasteiger partial charge in [-0.3, -0.25) is 14.9 Å². The first-order valence-electron chi connectivity index (χ1n) is 5.71. The Bertz CT molecular complexity index is 460. The number of nitrogens with zero attached hydrogens (tertiary/aromatic N) is 1. The second kappa shape index (κ2) is 4.73. The fraction of sp³-hybridized carbons (Fsp3) is 0.417. The SMILES string of the molecule is CCC1(C(=O)Nc2ccc([N+](=O)[O-])cc2)COC1. The van der Waals surface area contributed by atoms with Gasteiger partial charge < -0.3 is 10.1 Å². The summed E-state index contributed by atoms with van der Waals surface area (Å²) in [6.07, 6.45) is 0.714. The van der Waals surface area contributed by atoms with E-state index in [9.17, 15) is 14.9 Å². The first kappa shape index (κ1) is 12.5. The molecule has 0 aliphatic carbocycles. The van der Waals surface area contributed by atoms with Crippen molar-refractivity contribution in [2.75, 3.05) is 18.5 Å². The van der Waals surface area contributed by atoms with Crippen LogP contribution in [0.4, 0.5) is 11.4 Å². The Morgan fingerprint density at radius 2 is 2.06 bits per heavy atom. The van der Waals surface area contributed by atoms with Gasteiger partial charge in [0.2, 0.25) is 5.91 Å². The molecule has 1 N–H and O–H groups in total. The van der Waals surface area contributed by atoms with Crippen LogP contribution < -0.4 is 5.32 Å². The predicted molar refractivity (Wildman–Crippen MR) is 65.3 cm³/mol. The zero-order valence-electron chi connectivity index (χ0n) is 10.0. The monoisotopic (exact) mass is 250 g/mol. The molecule has 1 aliphatic rings. The summed E-state index contributed by atoms with van der Waals surface area (Å²) in [7, 11) is 0. The molecule has 0 unspecified atom stereocenters. The highest BCUT2D eigenvalue weighted by Crippen LogP contribution is 2.32. The van der Waals surface area contributed by atoms with Crippen LogP contribution in [0.25, 0.3) is 0 Å². The minimum Gasteiger partial charge on any atom is -0.379 e. The average Bonchev–Trinajstić information content (AvgIpc) is 2.29. The van der Waals surface area contributed by atoms with Crippen molar-refractivity contribution in [3.05, 3.63) is 34.4 Å². The van der Waals surface area contributed by atoms with Crippen molar-refractivity contribution in [3.63, 3.8) is 0 Å². The van der Waals surface area contributed by atoms with E-state index in [-0.39, 0.29) is 11.6 Å². The lowest BCUT2D eigenvalue weighted by atomic mass is 9.82. The van der Waals surface area contributed by atoms with Crippen LogP contribution >= 0.6 is 0 Å². The molecule has 1 aromatic carbocycles. The van der Waals surface area contributed by atoms with Crippen LogP contribution in [0, 0.1) is 15.5 Å². The molecule has 0 saturated carbocycles. The van der Waals surface area contributed by atoms with Crippen LogP contribution in [0.1, 0.15) is 13.3 Å². The Hall–Kier alpha value is -1.95. The molecule has 0 bridgehead atoms. The minimum atomic E-state index is -0.473. The third-order valence-electron chi connectivity index (χ3n) is 3.25. The van der Waals surface area contributed by atoms with Gasteiger partial charge in [0.15, 0.2) is 0 Å². The Kier molecular flexibility index (Phi) is 3.29. The maximum Gasteiger partial charge on any atom is 0.269 e. The summed E-state index contributed by atoms with van der Waals surface area (Å²) < 4.78 is 5.09. The molecule has 1 aliphatic heterocycles. The Morgan fingerprint density at radius 3 is 2.44 bits per heavy atom. The maximum absolute atomic E-state index is 12.0. The second-order valence-corrected chi connectivity index (χ2v) is 4.38. The van der Waals surface area contributed by atoms with Crippen LogP contribution in [-0.4, -0.2) is 24.0 Å². The number of hydrogen-bond acceptors (Lipinski definition) is 4. The zero-order chi connectivity index (χ0) is 13.2. The van der Waals surface area contributed by atoms with Gasteiger partial charge >= 0.3 is 0 Å². The third-order valence-corrected chi connectivity index (χ3v) is 3.25. The molecule has 0 aromatic heterocycles. The highest BCUT2D eigenvalue weighted by molar-refractivity contribution is 5.96. The first-order valence-corrected chi connectivity index (χ1v) is 5.71. The van der Waals surface area contributed by atoms with E-state index in [1.54, 1.807) is 0 Å². The van der Waals surface area contributed by atoms with Crippen molar-refractivity contribution in [1.29, 1.82) is 0 Å². The number of nitro benzene ring substituents is 1. The zero-order valence-corrected chi connectivity index (χ0v) is 10.0. The van der Waals surface area contributed by atoms with E-state index in [2.05, 4.69) is 5.32 Å². The van der Waals surface area contributed by atoms with Crippen molar-refractivity contribution in [3.8, 4) is 0 Å². The minimum absolute atomic E-state index is 0.00480. The number of benzene rings is 1. The third kappa shape index (κ3) is 2.19. The standard InChI is InChI=1S/C12H14N2O4/c1-2-12(7-18-8-12)11(15)13-9-3-5-10(6-4-9)14(16)17/h3-6H,2,7-8H2,1H3,(H,13,15). The van der Waals surface area contributed by atoms with Gasteiger partial charge in [-0.2, -0.15) is 0 Å². The summed E-state index contributed by atoms with van der Waals surface area (Å²) in [4.78, 5) is 22.1. The molecule has 96 valence electrons. The van der Waals surface area contributed by atoms with Gasteiger partial charge in [0, 0.05) is 17.8 Å². The smallest absolute Gasteiger partial charge is 0.269 e. The number of non-ortho nitro benzene ring substituents is 1. The molecular weight excluding hydrogens is 236 g/mol.